The molecule has 0 radical (unpaired) electrons. The van der Waals surface area contributed by atoms with E-state index in [1.165, 1.54) is 11.1 Å². The summed E-state index contributed by atoms with van der Waals surface area (Å²) in [6, 6.07) is 6.01. The molecule has 2 rings (SSSR count). The fourth-order valence-corrected chi connectivity index (χ4v) is 2.16. The third-order valence-electron chi connectivity index (χ3n) is 2.72. The molecule has 2 aromatic rings. The molecule has 2 N–H and O–H groups in total. The fourth-order valence-electron chi connectivity index (χ4n) is 2.16. The number of aromatic nitrogens is 1. The number of aryl methyl sites for hydroxylation is 3. The minimum atomic E-state index is -0.384. The molecule has 1 aromatic carbocycles. The molecule has 0 atom stereocenters. The molecule has 0 saturated heterocycles. The molecule has 15 heavy (non-hydrogen) atoms. The van der Waals surface area contributed by atoms with E-state index in [4.69, 9.17) is 5.73 Å². The lowest BCUT2D eigenvalue weighted by Gasteiger charge is -2.04. The van der Waals surface area contributed by atoms with Gasteiger partial charge in [-0.25, -0.2) is 0 Å². The normalized spacial score (nSPS) is 10.9. The first-order chi connectivity index (χ1) is 7.00. The Hall–Kier alpha value is -1.77. The van der Waals surface area contributed by atoms with Gasteiger partial charge in [-0.15, -0.1) is 0 Å². The van der Waals surface area contributed by atoms with Crippen LogP contribution in [0.2, 0.25) is 0 Å². The first kappa shape index (κ1) is 9.77. The molecule has 0 unspecified atom stereocenters. The summed E-state index contributed by atoms with van der Waals surface area (Å²) in [6.45, 7) is 4.09. The number of nitrogens with two attached hydrogens (primary N) is 1. The van der Waals surface area contributed by atoms with Gasteiger partial charge in [-0.2, -0.15) is 0 Å². The fraction of sp³-hybridized carbons (Fsp3) is 0.250. The maximum atomic E-state index is 11.2. The van der Waals surface area contributed by atoms with Crippen molar-refractivity contribution in [1.29, 1.82) is 0 Å². The van der Waals surface area contributed by atoms with E-state index in [9.17, 15) is 4.79 Å². The largest absolute Gasteiger partial charge is 0.364 e. The first-order valence-corrected chi connectivity index (χ1v) is 4.87. The van der Waals surface area contributed by atoms with Crippen LogP contribution in [0, 0.1) is 13.8 Å². The summed E-state index contributed by atoms with van der Waals surface area (Å²) < 4.78 is 1.85. The molecule has 78 valence electrons. The Morgan fingerprint density at radius 2 is 1.93 bits per heavy atom. The summed E-state index contributed by atoms with van der Waals surface area (Å²) in [7, 11) is 1.87. The minimum Gasteiger partial charge on any atom is -0.364 e. The van der Waals surface area contributed by atoms with E-state index in [1.807, 2.05) is 31.5 Å². The third kappa shape index (κ3) is 1.40. The molecule has 0 spiro atoms. The smallest absolute Gasteiger partial charge is 0.265 e. The van der Waals surface area contributed by atoms with Crippen LogP contribution in [0.4, 0.5) is 0 Å². The third-order valence-corrected chi connectivity index (χ3v) is 2.72. The number of hydrogen-bond acceptors (Lipinski definition) is 1. The van der Waals surface area contributed by atoms with Crippen molar-refractivity contribution in [2.45, 2.75) is 13.8 Å². The van der Waals surface area contributed by atoms with Crippen molar-refractivity contribution in [2.24, 2.45) is 12.8 Å². The van der Waals surface area contributed by atoms with Crippen molar-refractivity contribution in [2.75, 3.05) is 0 Å². The number of nitrogens with zero attached hydrogens (tertiary/aromatic N) is 1. The molecular formula is C12H14N2O. The van der Waals surface area contributed by atoms with Gasteiger partial charge in [0.05, 0.1) is 5.52 Å². The van der Waals surface area contributed by atoms with E-state index in [0.717, 1.165) is 10.9 Å². The van der Waals surface area contributed by atoms with Gasteiger partial charge in [0.1, 0.15) is 5.69 Å². The highest BCUT2D eigenvalue weighted by Gasteiger charge is 2.11. The lowest BCUT2D eigenvalue weighted by atomic mass is 10.1. The Balaban J connectivity index is 2.88. The molecule has 0 saturated carbocycles. The van der Waals surface area contributed by atoms with Crippen LogP contribution in [0.3, 0.4) is 0 Å². The average Bonchev–Trinajstić information content (AvgIpc) is 2.42. The van der Waals surface area contributed by atoms with Crippen LogP contribution in [-0.2, 0) is 7.05 Å². The molecule has 3 heteroatoms. The van der Waals surface area contributed by atoms with E-state index in [1.54, 1.807) is 0 Å². The highest BCUT2D eigenvalue weighted by atomic mass is 16.1. The molecule has 0 bridgehead atoms. The Kier molecular flexibility index (Phi) is 2.03. The molecule has 0 aliphatic carbocycles. The zero-order chi connectivity index (χ0) is 11.2. The van der Waals surface area contributed by atoms with Gasteiger partial charge < -0.3 is 10.3 Å². The van der Waals surface area contributed by atoms with E-state index in [0.29, 0.717) is 5.69 Å². The molecule has 3 nitrogen and oxygen atoms in total. The second kappa shape index (κ2) is 3.12. The monoisotopic (exact) mass is 202 g/mol. The van der Waals surface area contributed by atoms with Crippen molar-refractivity contribution in [1.82, 2.24) is 4.57 Å². The Morgan fingerprint density at radius 3 is 2.53 bits per heavy atom. The van der Waals surface area contributed by atoms with Crippen LogP contribution in [-0.4, -0.2) is 10.5 Å². The Morgan fingerprint density at radius 1 is 1.27 bits per heavy atom. The van der Waals surface area contributed by atoms with Gasteiger partial charge in [0.2, 0.25) is 0 Å². The Labute approximate surface area is 88.5 Å². The van der Waals surface area contributed by atoms with Crippen LogP contribution in [0.5, 0.6) is 0 Å². The van der Waals surface area contributed by atoms with Crippen molar-refractivity contribution in [3.63, 3.8) is 0 Å². The number of carbonyl (C=O) groups excluding carboxylic acids is 1. The molecular weight excluding hydrogens is 188 g/mol. The maximum absolute atomic E-state index is 11.2. The van der Waals surface area contributed by atoms with Crippen molar-refractivity contribution in [3.8, 4) is 0 Å². The van der Waals surface area contributed by atoms with E-state index in [2.05, 4.69) is 12.1 Å². The van der Waals surface area contributed by atoms with Gasteiger partial charge in [0, 0.05) is 12.4 Å². The van der Waals surface area contributed by atoms with Crippen LogP contribution in [0.1, 0.15) is 21.6 Å². The number of rotatable bonds is 1. The summed E-state index contributed by atoms with van der Waals surface area (Å²) in [5.41, 5.74) is 9.30. The van der Waals surface area contributed by atoms with Crippen molar-refractivity contribution in [3.05, 3.63) is 35.0 Å². The SMILES string of the molecule is Cc1cc(C)c2c(c1)cc(C(N)=O)n2C. The van der Waals surface area contributed by atoms with Gasteiger partial charge in [-0.1, -0.05) is 11.6 Å². The van der Waals surface area contributed by atoms with Crippen LogP contribution in [0.25, 0.3) is 10.9 Å². The molecule has 0 fully saturated rings. The molecule has 1 aromatic heterocycles. The summed E-state index contributed by atoms with van der Waals surface area (Å²) in [4.78, 5) is 11.2. The molecule has 0 aliphatic rings. The summed E-state index contributed by atoms with van der Waals surface area (Å²) in [5, 5.41) is 1.07. The van der Waals surface area contributed by atoms with Crippen molar-refractivity contribution >= 4 is 16.8 Å². The highest BCUT2D eigenvalue weighted by Crippen LogP contribution is 2.23. The summed E-state index contributed by atoms with van der Waals surface area (Å²) >= 11 is 0. The number of benzene rings is 1. The minimum absolute atomic E-state index is 0.384. The quantitative estimate of drug-likeness (QED) is 0.754. The second-order valence-electron chi connectivity index (χ2n) is 3.97. The zero-order valence-electron chi connectivity index (χ0n) is 9.16. The highest BCUT2D eigenvalue weighted by molar-refractivity contribution is 5.98. The van der Waals surface area contributed by atoms with Crippen LogP contribution >= 0.6 is 0 Å². The number of hydrogen-bond donors (Lipinski definition) is 1. The number of carbonyl (C=O) groups is 1. The zero-order valence-corrected chi connectivity index (χ0v) is 9.16. The lowest BCUT2D eigenvalue weighted by molar-refractivity contribution is 0.0993. The van der Waals surface area contributed by atoms with Gasteiger partial charge in [0.25, 0.3) is 5.91 Å². The standard InChI is InChI=1S/C12H14N2O/c1-7-4-8(2)11-9(5-7)6-10(12(13)15)14(11)3/h4-6H,1-3H3,(H2,13,15). The number of fused-ring (bicyclic) bond motifs is 1. The van der Waals surface area contributed by atoms with Gasteiger partial charge in [-0.05, 0) is 31.5 Å². The molecule has 1 amide bonds. The van der Waals surface area contributed by atoms with Gasteiger partial charge in [0.15, 0.2) is 0 Å². The van der Waals surface area contributed by atoms with Gasteiger partial charge >= 0.3 is 0 Å². The van der Waals surface area contributed by atoms with Crippen LogP contribution < -0.4 is 5.73 Å². The first-order valence-electron chi connectivity index (χ1n) is 4.87. The second-order valence-corrected chi connectivity index (χ2v) is 3.97. The number of amides is 1. The summed E-state index contributed by atoms with van der Waals surface area (Å²) in [6.07, 6.45) is 0. The van der Waals surface area contributed by atoms with Gasteiger partial charge in [-0.3, -0.25) is 4.79 Å². The topological polar surface area (TPSA) is 48.0 Å². The van der Waals surface area contributed by atoms with Crippen molar-refractivity contribution < 1.29 is 4.79 Å². The molecule has 0 aliphatic heterocycles. The molecule has 1 heterocycles. The van der Waals surface area contributed by atoms with Crippen LogP contribution in [0.15, 0.2) is 18.2 Å². The van der Waals surface area contributed by atoms with E-state index < -0.39 is 0 Å². The van der Waals surface area contributed by atoms with E-state index in [-0.39, 0.29) is 5.91 Å². The predicted octanol–water partition coefficient (Wildman–Crippen LogP) is 1.89. The predicted molar refractivity (Wildman–Crippen MR) is 60.9 cm³/mol. The average molecular weight is 202 g/mol. The van der Waals surface area contributed by atoms with E-state index >= 15 is 0 Å². The Bertz CT molecular complexity index is 552. The summed E-state index contributed by atoms with van der Waals surface area (Å²) in [5.74, 6) is -0.384. The lowest BCUT2D eigenvalue weighted by Crippen LogP contribution is -2.14. The maximum Gasteiger partial charge on any atom is 0.265 e. The number of primary amides is 1.